The lowest BCUT2D eigenvalue weighted by atomic mass is 10.0. The van der Waals surface area contributed by atoms with Crippen LogP contribution in [0.2, 0.25) is 5.02 Å². The first kappa shape index (κ1) is 12.7. The molecule has 3 nitrogen and oxygen atoms in total. The van der Waals surface area contributed by atoms with Gasteiger partial charge in [-0.15, -0.1) is 0 Å². The van der Waals surface area contributed by atoms with Crippen LogP contribution in [0, 0.1) is 0 Å². The van der Waals surface area contributed by atoms with Gasteiger partial charge >= 0.3 is 0 Å². The molecule has 0 aliphatic carbocycles. The van der Waals surface area contributed by atoms with E-state index >= 15 is 0 Å². The first-order chi connectivity index (χ1) is 8.75. The number of halogens is 2. The predicted octanol–water partition coefficient (Wildman–Crippen LogP) is 3.22. The molecule has 2 saturated heterocycles. The topological polar surface area (TPSA) is 28.2 Å². The molecule has 0 saturated carbocycles. The van der Waals surface area contributed by atoms with E-state index in [0.717, 1.165) is 28.4 Å². The van der Waals surface area contributed by atoms with Crippen LogP contribution < -0.4 is 10.2 Å². The van der Waals surface area contributed by atoms with Gasteiger partial charge in [-0.25, -0.2) is 4.98 Å². The van der Waals surface area contributed by atoms with Gasteiger partial charge in [0.15, 0.2) is 0 Å². The fraction of sp³-hybridized carbons (Fsp3) is 0.615. The van der Waals surface area contributed by atoms with Gasteiger partial charge in [0.1, 0.15) is 5.82 Å². The van der Waals surface area contributed by atoms with Crippen molar-refractivity contribution >= 4 is 33.3 Å². The van der Waals surface area contributed by atoms with Crippen LogP contribution in [-0.2, 0) is 0 Å². The van der Waals surface area contributed by atoms with Crippen LogP contribution in [0.4, 0.5) is 5.82 Å². The molecule has 2 atom stereocenters. The van der Waals surface area contributed by atoms with E-state index < -0.39 is 0 Å². The molecule has 3 rings (SSSR count). The van der Waals surface area contributed by atoms with Crippen LogP contribution >= 0.6 is 27.5 Å². The molecule has 2 aliphatic heterocycles. The second kappa shape index (κ2) is 5.35. The molecule has 18 heavy (non-hydrogen) atoms. The highest BCUT2D eigenvalue weighted by atomic mass is 79.9. The van der Waals surface area contributed by atoms with E-state index in [1.807, 2.05) is 12.3 Å². The highest BCUT2D eigenvalue weighted by Gasteiger charge is 2.34. The van der Waals surface area contributed by atoms with Crippen LogP contribution in [0.15, 0.2) is 16.7 Å². The third kappa shape index (κ3) is 2.38. The average molecular weight is 331 g/mol. The maximum absolute atomic E-state index is 6.33. The minimum atomic E-state index is 0.554. The van der Waals surface area contributed by atoms with Crippen LogP contribution in [0.5, 0.6) is 0 Å². The second-order valence-electron chi connectivity index (χ2n) is 5.06. The van der Waals surface area contributed by atoms with Crippen LogP contribution in [-0.4, -0.2) is 30.2 Å². The Balaban J connectivity index is 1.85. The number of aromatic nitrogens is 1. The van der Waals surface area contributed by atoms with E-state index in [4.69, 9.17) is 11.6 Å². The summed E-state index contributed by atoms with van der Waals surface area (Å²) in [4.78, 5) is 6.89. The molecule has 3 heterocycles. The summed E-state index contributed by atoms with van der Waals surface area (Å²) in [6, 6.07) is 3.09. The van der Waals surface area contributed by atoms with Gasteiger partial charge in [0.05, 0.1) is 5.02 Å². The lowest BCUT2D eigenvalue weighted by Crippen LogP contribution is -2.44. The smallest absolute Gasteiger partial charge is 0.147 e. The van der Waals surface area contributed by atoms with Crippen LogP contribution in [0.3, 0.4) is 0 Å². The fourth-order valence-corrected chi connectivity index (χ4v) is 3.87. The number of anilines is 1. The van der Waals surface area contributed by atoms with E-state index in [9.17, 15) is 0 Å². The van der Waals surface area contributed by atoms with Gasteiger partial charge in [0.2, 0.25) is 0 Å². The van der Waals surface area contributed by atoms with Crippen molar-refractivity contribution in [2.75, 3.05) is 18.0 Å². The van der Waals surface area contributed by atoms with E-state index in [1.165, 1.54) is 25.7 Å². The summed E-state index contributed by atoms with van der Waals surface area (Å²) >= 11 is 9.74. The molecule has 0 aromatic carbocycles. The van der Waals surface area contributed by atoms with E-state index in [0.29, 0.717) is 12.1 Å². The minimum absolute atomic E-state index is 0.554. The summed E-state index contributed by atoms with van der Waals surface area (Å²) in [7, 11) is 0. The zero-order valence-electron chi connectivity index (χ0n) is 10.2. The normalized spacial score (nSPS) is 28.0. The Hall–Kier alpha value is -0.320. The monoisotopic (exact) mass is 329 g/mol. The molecule has 0 amide bonds. The molecule has 1 aromatic heterocycles. The van der Waals surface area contributed by atoms with E-state index in [-0.39, 0.29) is 0 Å². The Kier molecular flexibility index (Phi) is 3.78. The molecule has 0 radical (unpaired) electrons. The SMILES string of the molecule is Clc1cc(Br)cnc1N1CCCC1C1CCCN1. The van der Waals surface area contributed by atoms with Gasteiger partial charge in [0, 0.05) is 29.3 Å². The van der Waals surface area contributed by atoms with E-state index in [1.54, 1.807) is 0 Å². The molecule has 1 N–H and O–H groups in total. The molecule has 98 valence electrons. The van der Waals surface area contributed by atoms with Crippen molar-refractivity contribution < 1.29 is 0 Å². The lowest BCUT2D eigenvalue weighted by Gasteiger charge is -2.31. The summed E-state index contributed by atoms with van der Waals surface area (Å²) in [5.41, 5.74) is 0. The molecule has 0 spiro atoms. The van der Waals surface area contributed by atoms with Gasteiger partial charge in [-0.2, -0.15) is 0 Å². The third-order valence-corrected chi connectivity index (χ3v) is 4.63. The summed E-state index contributed by atoms with van der Waals surface area (Å²) in [6.45, 7) is 2.22. The quantitative estimate of drug-likeness (QED) is 0.902. The molecular weight excluding hydrogens is 314 g/mol. The van der Waals surface area contributed by atoms with Gasteiger partial charge < -0.3 is 10.2 Å². The first-order valence-corrected chi connectivity index (χ1v) is 7.74. The third-order valence-electron chi connectivity index (χ3n) is 3.92. The Morgan fingerprint density at radius 1 is 1.39 bits per heavy atom. The van der Waals surface area contributed by atoms with Crippen molar-refractivity contribution in [2.24, 2.45) is 0 Å². The van der Waals surface area contributed by atoms with E-state index in [2.05, 4.69) is 31.1 Å². The summed E-state index contributed by atoms with van der Waals surface area (Å²) in [5, 5.41) is 4.35. The van der Waals surface area contributed by atoms with Crippen molar-refractivity contribution in [1.29, 1.82) is 0 Å². The lowest BCUT2D eigenvalue weighted by molar-refractivity contribution is 0.481. The van der Waals surface area contributed by atoms with Gasteiger partial charge in [-0.1, -0.05) is 11.6 Å². The van der Waals surface area contributed by atoms with Gasteiger partial charge in [0.25, 0.3) is 0 Å². The molecule has 2 fully saturated rings. The molecular formula is C13H17BrClN3. The summed E-state index contributed by atoms with van der Waals surface area (Å²) in [6.07, 6.45) is 6.87. The summed E-state index contributed by atoms with van der Waals surface area (Å²) in [5.74, 6) is 0.941. The first-order valence-electron chi connectivity index (χ1n) is 6.57. The zero-order valence-corrected chi connectivity index (χ0v) is 12.5. The van der Waals surface area contributed by atoms with Crippen molar-refractivity contribution in [1.82, 2.24) is 10.3 Å². The Bertz CT molecular complexity index is 434. The van der Waals surface area contributed by atoms with Crippen molar-refractivity contribution in [3.63, 3.8) is 0 Å². The molecule has 5 heteroatoms. The maximum atomic E-state index is 6.33. The number of nitrogens with one attached hydrogen (secondary N) is 1. The standard InChI is InChI=1S/C13H17BrClN3/c14-9-7-10(15)13(17-8-9)18-6-2-4-12(18)11-3-1-5-16-11/h7-8,11-12,16H,1-6H2. The number of hydrogen-bond acceptors (Lipinski definition) is 3. The second-order valence-corrected chi connectivity index (χ2v) is 6.39. The highest BCUT2D eigenvalue weighted by Crippen LogP contribution is 2.34. The van der Waals surface area contributed by atoms with Crippen LogP contribution in [0.25, 0.3) is 0 Å². The van der Waals surface area contributed by atoms with Crippen LogP contribution in [0.1, 0.15) is 25.7 Å². The number of rotatable bonds is 2. The number of pyridine rings is 1. The average Bonchev–Trinajstić information content (AvgIpc) is 2.98. The minimum Gasteiger partial charge on any atom is -0.351 e. The Morgan fingerprint density at radius 3 is 3.00 bits per heavy atom. The molecule has 0 bridgehead atoms. The number of nitrogens with zero attached hydrogens (tertiary/aromatic N) is 2. The van der Waals surface area contributed by atoms with Crippen molar-refractivity contribution in [2.45, 2.75) is 37.8 Å². The fourth-order valence-electron chi connectivity index (χ4n) is 3.13. The zero-order chi connectivity index (χ0) is 12.5. The Morgan fingerprint density at radius 2 is 2.28 bits per heavy atom. The van der Waals surface area contributed by atoms with Gasteiger partial charge in [-0.05, 0) is 54.2 Å². The van der Waals surface area contributed by atoms with Crippen molar-refractivity contribution in [3.05, 3.63) is 21.8 Å². The Labute approximate surface area is 121 Å². The summed E-state index contributed by atoms with van der Waals surface area (Å²) < 4.78 is 0.936. The maximum Gasteiger partial charge on any atom is 0.147 e. The molecule has 1 aromatic rings. The molecule has 2 aliphatic rings. The highest BCUT2D eigenvalue weighted by molar-refractivity contribution is 9.10. The molecule has 2 unspecified atom stereocenters. The van der Waals surface area contributed by atoms with Gasteiger partial charge in [-0.3, -0.25) is 0 Å². The largest absolute Gasteiger partial charge is 0.351 e. The predicted molar refractivity (Wildman–Crippen MR) is 78.3 cm³/mol. The number of hydrogen-bond donors (Lipinski definition) is 1. The van der Waals surface area contributed by atoms with Crippen molar-refractivity contribution in [3.8, 4) is 0 Å².